The molecule has 0 aromatic heterocycles. The summed E-state index contributed by atoms with van der Waals surface area (Å²) >= 11 is 0. The van der Waals surface area contributed by atoms with Gasteiger partial charge in [-0.25, -0.2) is 9.69 Å². The van der Waals surface area contributed by atoms with Crippen LogP contribution in [0.15, 0.2) is 84.4 Å². The summed E-state index contributed by atoms with van der Waals surface area (Å²) in [4.78, 5) is 42.2. The third kappa shape index (κ3) is 3.93. The first-order chi connectivity index (χ1) is 17.0. The number of nitrogens with zero attached hydrogens (tertiary/aromatic N) is 2. The van der Waals surface area contributed by atoms with Gasteiger partial charge in [0.15, 0.2) is 0 Å². The second-order valence-electron chi connectivity index (χ2n) is 8.38. The van der Waals surface area contributed by atoms with Crippen molar-refractivity contribution in [2.75, 3.05) is 22.9 Å². The lowest BCUT2D eigenvalue weighted by Crippen LogP contribution is -2.54. The average molecular weight is 464 g/mol. The van der Waals surface area contributed by atoms with E-state index in [9.17, 15) is 14.4 Å². The lowest BCUT2D eigenvalue weighted by atomic mass is 9.94. The normalized spacial score (nSPS) is 15.2. The summed E-state index contributed by atoms with van der Waals surface area (Å²) in [7, 11) is 0. The molecule has 4 aromatic rings. The van der Waals surface area contributed by atoms with Gasteiger partial charge in [-0.05, 0) is 77.4 Å². The molecule has 1 fully saturated rings. The smallest absolute Gasteiger partial charge is 0.335 e. The second kappa shape index (κ2) is 9.06. The number of benzene rings is 4. The van der Waals surface area contributed by atoms with Crippen LogP contribution in [0.3, 0.4) is 0 Å². The van der Waals surface area contributed by atoms with E-state index in [2.05, 4.69) is 30.1 Å². The van der Waals surface area contributed by atoms with E-state index in [1.54, 1.807) is 18.2 Å². The predicted molar refractivity (Wildman–Crippen MR) is 140 cm³/mol. The van der Waals surface area contributed by atoms with Gasteiger partial charge in [0.05, 0.1) is 5.69 Å². The summed E-state index contributed by atoms with van der Waals surface area (Å²) in [5.74, 6) is -1.35. The summed E-state index contributed by atoms with van der Waals surface area (Å²) in [5, 5.41) is 6.18. The molecule has 0 aliphatic carbocycles. The molecule has 4 aromatic carbocycles. The summed E-state index contributed by atoms with van der Waals surface area (Å²) in [6.07, 6.45) is 1.60. The van der Waals surface area contributed by atoms with Crippen molar-refractivity contribution >= 4 is 56.8 Å². The van der Waals surface area contributed by atoms with Crippen LogP contribution in [0, 0.1) is 0 Å². The summed E-state index contributed by atoms with van der Waals surface area (Å²) in [6, 6.07) is 24.2. The van der Waals surface area contributed by atoms with E-state index in [0.29, 0.717) is 5.69 Å². The number of rotatable bonds is 5. The topological polar surface area (TPSA) is 69.7 Å². The van der Waals surface area contributed by atoms with Crippen LogP contribution in [-0.4, -0.2) is 30.9 Å². The highest BCUT2D eigenvalue weighted by atomic mass is 16.2. The summed E-state index contributed by atoms with van der Waals surface area (Å²) in [5.41, 5.74) is 2.09. The minimum Gasteiger partial charge on any atom is -0.372 e. The van der Waals surface area contributed by atoms with Gasteiger partial charge in [-0.1, -0.05) is 48.5 Å². The van der Waals surface area contributed by atoms with E-state index in [4.69, 9.17) is 0 Å². The quantitative estimate of drug-likeness (QED) is 0.241. The van der Waals surface area contributed by atoms with E-state index < -0.39 is 17.8 Å². The van der Waals surface area contributed by atoms with Crippen molar-refractivity contribution in [1.82, 2.24) is 5.32 Å². The van der Waals surface area contributed by atoms with Gasteiger partial charge in [0.25, 0.3) is 11.8 Å². The number of hydrogen-bond donors (Lipinski definition) is 1. The molecular formula is C29H25N3O3. The number of imide groups is 2. The molecule has 0 atom stereocenters. The first kappa shape index (κ1) is 22.3. The molecule has 0 saturated carbocycles. The number of amides is 4. The number of barbiturate groups is 1. The van der Waals surface area contributed by atoms with Crippen molar-refractivity contribution < 1.29 is 14.4 Å². The number of nitrogens with one attached hydrogen (secondary N) is 1. The van der Waals surface area contributed by atoms with Crippen molar-refractivity contribution in [3.05, 3.63) is 90.0 Å². The fourth-order valence-corrected chi connectivity index (χ4v) is 4.64. The number of fused-ring (bicyclic) bond motifs is 2. The Balaban J connectivity index is 1.61. The van der Waals surface area contributed by atoms with E-state index in [1.165, 1.54) is 0 Å². The van der Waals surface area contributed by atoms with Crippen molar-refractivity contribution in [3.63, 3.8) is 0 Å². The van der Waals surface area contributed by atoms with Crippen molar-refractivity contribution in [1.29, 1.82) is 0 Å². The van der Waals surface area contributed by atoms with Crippen molar-refractivity contribution in [3.8, 4) is 0 Å². The highest BCUT2D eigenvalue weighted by Crippen LogP contribution is 2.32. The molecule has 5 rings (SSSR count). The number of urea groups is 1. The van der Waals surface area contributed by atoms with E-state index in [0.717, 1.165) is 50.8 Å². The maximum atomic E-state index is 13.5. The van der Waals surface area contributed by atoms with Crippen molar-refractivity contribution in [2.45, 2.75) is 13.8 Å². The van der Waals surface area contributed by atoms with Crippen LogP contribution in [0.2, 0.25) is 0 Å². The zero-order valence-corrected chi connectivity index (χ0v) is 19.6. The minimum absolute atomic E-state index is 0.0843. The SMILES string of the molecule is CCN(CC)c1ccc(N2C(=O)NC(=O)C(=Cc3c4ccccc4cc4ccccc34)C2=O)cc1. The molecule has 6 nitrogen and oxygen atoms in total. The van der Waals surface area contributed by atoms with Gasteiger partial charge in [-0.2, -0.15) is 0 Å². The first-order valence-corrected chi connectivity index (χ1v) is 11.7. The van der Waals surface area contributed by atoms with Gasteiger partial charge >= 0.3 is 6.03 Å². The van der Waals surface area contributed by atoms with E-state index in [1.807, 2.05) is 60.7 Å². The Hall–Kier alpha value is -4.45. The van der Waals surface area contributed by atoms with Crippen LogP contribution < -0.4 is 15.1 Å². The highest BCUT2D eigenvalue weighted by Gasteiger charge is 2.37. The largest absolute Gasteiger partial charge is 0.372 e. The Kier molecular flexibility index (Phi) is 5.79. The fourth-order valence-electron chi connectivity index (χ4n) is 4.64. The molecule has 1 heterocycles. The standard InChI is InChI=1S/C29H25N3O3/c1-3-31(4-2)21-13-15-22(16-14-21)32-28(34)26(27(33)30-29(32)35)18-25-23-11-7-5-9-19(23)17-20-10-6-8-12-24(20)25/h5-18H,3-4H2,1-2H3,(H,30,33,35). The molecular weight excluding hydrogens is 438 g/mol. The predicted octanol–water partition coefficient (Wildman–Crippen LogP) is 5.51. The van der Waals surface area contributed by atoms with E-state index >= 15 is 0 Å². The fraction of sp³-hybridized carbons (Fsp3) is 0.138. The van der Waals surface area contributed by atoms with Gasteiger partial charge in [-0.15, -0.1) is 0 Å². The zero-order valence-electron chi connectivity index (χ0n) is 19.6. The Morgan fingerprint density at radius 3 is 1.94 bits per heavy atom. The lowest BCUT2D eigenvalue weighted by Gasteiger charge is -2.27. The maximum absolute atomic E-state index is 13.5. The number of hydrogen-bond acceptors (Lipinski definition) is 4. The Morgan fingerprint density at radius 2 is 1.37 bits per heavy atom. The Labute approximate surface area is 203 Å². The van der Waals surface area contributed by atoms with Crippen LogP contribution in [0.5, 0.6) is 0 Å². The molecule has 1 N–H and O–H groups in total. The number of carbonyl (C=O) groups is 3. The van der Waals surface area contributed by atoms with Crippen LogP contribution in [0.1, 0.15) is 19.4 Å². The number of carbonyl (C=O) groups excluding carboxylic acids is 3. The minimum atomic E-state index is -0.754. The Bertz CT molecular complexity index is 1450. The molecule has 0 unspecified atom stereocenters. The molecule has 174 valence electrons. The average Bonchev–Trinajstić information content (AvgIpc) is 2.87. The van der Waals surface area contributed by atoms with Gasteiger partial charge in [0, 0.05) is 18.8 Å². The molecule has 6 heteroatoms. The maximum Gasteiger partial charge on any atom is 0.335 e. The lowest BCUT2D eigenvalue weighted by molar-refractivity contribution is -0.122. The van der Waals surface area contributed by atoms with Gasteiger partial charge < -0.3 is 4.90 Å². The third-order valence-electron chi connectivity index (χ3n) is 6.44. The van der Waals surface area contributed by atoms with E-state index in [-0.39, 0.29) is 5.57 Å². The second-order valence-corrected chi connectivity index (χ2v) is 8.38. The summed E-state index contributed by atoms with van der Waals surface area (Å²) in [6.45, 7) is 5.83. The molecule has 4 amide bonds. The molecule has 1 aliphatic heterocycles. The molecule has 35 heavy (non-hydrogen) atoms. The monoisotopic (exact) mass is 463 g/mol. The zero-order chi connectivity index (χ0) is 24.5. The van der Waals surface area contributed by atoms with Crippen molar-refractivity contribution in [2.24, 2.45) is 0 Å². The summed E-state index contributed by atoms with van der Waals surface area (Å²) < 4.78 is 0. The van der Waals surface area contributed by atoms with Gasteiger partial charge in [0.1, 0.15) is 5.57 Å². The number of anilines is 2. The van der Waals surface area contributed by atoms with Crippen LogP contribution in [0.25, 0.3) is 27.6 Å². The highest BCUT2D eigenvalue weighted by molar-refractivity contribution is 6.39. The first-order valence-electron chi connectivity index (χ1n) is 11.7. The van der Waals surface area contributed by atoms with Crippen LogP contribution >= 0.6 is 0 Å². The van der Waals surface area contributed by atoms with Crippen LogP contribution in [0.4, 0.5) is 16.2 Å². The Morgan fingerprint density at radius 1 is 0.800 bits per heavy atom. The third-order valence-corrected chi connectivity index (χ3v) is 6.44. The van der Waals surface area contributed by atoms with Gasteiger partial charge in [-0.3, -0.25) is 14.9 Å². The molecule has 1 aliphatic rings. The molecule has 0 radical (unpaired) electrons. The molecule has 0 bridgehead atoms. The molecule has 0 spiro atoms. The molecule has 1 saturated heterocycles. The van der Waals surface area contributed by atoms with Crippen LogP contribution in [-0.2, 0) is 9.59 Å². The van der Waals surface area contributed by atoms with Gasteiger partial charge in [0.2, 0.25) is 0 Å².